The maximum Gasteiger partial charge on any atom is 0.308 e. The third kappa shape index (κ3) is 2.71. The van der Waals surface area contributed by atoms with Crippen molar-refractivity contribution in [3.63, 3.8) is 0 Å². The maximum absolute atomic E-state index is 13.7. The van der Waals surface area contributed by atoms with Crippen LogP contribution >= 0.6 is 11.6 Å². The zero-order valence-electron chi connectivity index (χ0n) is 10.3. The van der Waals surface area contributed by atoms with E-state index in [1.165, 1.54) is 17.0 Å². The van der Waals surface area contributed by atoms with Gasteiger partial charge in [-0.15, -0.1) is 0 Å². The van der Waals surface area contributed by atoms with Crippen molar-refractivity contribution in [1.29, 1.82) is 0 Å². The number of benzene rings is 1. The number of carboxylic acids is 1. The molecule has 2 rings (SSSR count). The topological polar surface area (TPSA) is 57.6 Å². The van der Waals surface area contributed by atoms with Gasteiger partial charge in [0.1, 0.15) is 5.82 Å². The summed E-state index contributed by atoms with van der Waals surface area (Å²) in [6, 6.07) is 3.83. The second-order valence-corrected chi connectivity index (χ2v) is 5.19. The number of hydrogen-bond donors (Lipinski definition) is 1. The molecular formula is C13H13ClFNO3. The first-order valence-electron chi connectivity index (χ1n) is 5.87. The molecule has 0 radical (unpaired) electrons. The molecule has 1 fully saturated rings. The first-order chi connectivity index (χ1) is 8.90. The van der Waals surface area contributed by atoms with E-state index in [1.807, 2.05) is 0 Å². The zero-order chi connectivity index (χ0) is 14.2. The van der Waals surface area contributed by atoms with E-state index >= 15 is 0 Å². The Morgan fingerprint density at radius 1 is 1.42 bits per heavy atom. The fraction of sp³-hybridized carbons (Fsp3) is 0.385. The van der Waals surface area contributed by atoms with Gasteiger partial charge in [-0.05, 0) is 24.1 Å². The van der Waals surface area contributed by atoms with Gasteiger partial charge < -0.3 is 10.0 Å². The molecular weight excluding hydrogens is 273 g/mol. The molecule has 1 heterocycles. The number of aliphatic carboxylic acids is 1. The second kappa shape index (κ2) is 5.17. The first-order valence-corrected chi connectivity index (χ1v) is 6.25. The van der Waals surface area contributed by atoms with Crippen molar-refractivity contribution >= 4 is 23.5 Å². The van der Waals surface area contributed by atoms with Crippen LogP contribution in [0, 0.1) is 17.7 Å². The summed E-state index contributed by atoms with van der Waals surface area (Å²) in [6.45, 7) is 2.19. The predicted octanol–water partition coefficient (Wildman–Crippen LogP) is 2.27. The van der Waals surface area contributed by atoms with E-state index in [4.69, 9.17) is 16.7 Å². The van der Waals surface area contributed by atoms with Crippen LogP contribution in [0.3, 0.4) is 0 Å². The highest BCUT2D eigenvalue weighted by molar-refractivity contribution is 6.30. The van der Waals surface area contributed by atoms with Gasteiger partial charge in [-0.2, -0.15) is 0 Å². The number of likely N-dealkylation sites (tertiary alicyclic amines) is 1. The van der Waals surface area contributed by atoms with Gasteiger partial charge in [-0.3, -0.25) is 9.59 Å². The van der Waals surface area contributed by atoms with Gasteiger partial charge in [0.2, 0.25) is 0 Å². The van der Waals surface area contributed by atoms with Crippen molar-refractivity contribution in [2.45, 2.75) is 6.92 Å². The Labute approximate surface area is 114 Å². The Hall–Kier alpha value is -1.62. The molecule has 1 saturated heterocycles. The number of hydrogen-bond acceptors (Lipinski definition) is 2. The molecule has 2 unspecified atom stereocenters. The molecule has 0 aliphatic carbocycles. The number of halogens is 2. The van der Waals surface area contributed by atoms with Crippen LogP contribution < -0.4 is 0 Å². The Bertz CT molecular complexity index is 535. The summed E-state index contributed by atoms with van der Waals surface area (Å²) in [7, 11) is 0. The Balaban J connectivity index is 2.19. The van der Waals surface area contributed by atoms with Crippen molar-refractivity contribution < 1.29 is 19.1 Å². The van der Waals surface area contributed by atoms with Crippen molar-refractivity contribution in [1.82, 2.24) is 4.90 Å². The van der Waals surface area contributed by atoms with Gasteiger partial charge in [0, 0.05) is 18.1 Å². The highest BCUT2D eigenvalue weighted by Gasteiger charge is 2.37. The minimum absolute atomic E-state index is 0.0809. The van der Waals surface area contributed by atoms with E-state index in [9.17, 15) is 14.0 Å². The van der Waals surface area contributed by atoms with Crippen LogP contribution in [0.4, 0.5) is 4.39 Å². The van der Waals surface area contributed by atoms with Gasteiger partial charge in [0.15, 0.2) is 0 Å². The molecule has 0 spiro atoms. The summed E-state index contributed by atoms with van der Waals surface area (Å²) < 4.78 is 13.7. The van der Waals surface area contributed by atoms with Gasteiger partial charge in [-0.1, -0.05) is 18.5 Å². The number of rotatable bonds is 2. The summed E-state index contributed by atoms with van der Waals surface area (Å²) in [4.78, 5) is 24.5. The van der Waals surface area contributed by atoms with Crippen LogP contribution in [0.2, 0.25) is 5.02 Å². The minimum Gasteiger partial charge on any atom is -0.481 e. The lowest BCUT2D eigenvalue weighted by Gasteiger charge is -2.16. The number of nitrogens with zero attached hydrogens (tertiary/aromatic N) is 1. The van der Waals surface area contributed by atoms with Crippen molar-refractivity contribution in [2.24, 2.45) is 11.8 Å². The molecule has 0 saturated carbocycles. The first kappa shape index (κ1) is 13.8. The maximum atomic E-state index is 13.7. The summed E-state index contributed by atoms with van der Waals surface area (Å²) >= 11 is 5.63. The third-order valence-electron chi connectivity index (χ3n) is 3.38. The summed E-state index contributed by atoms with van der Waals surface area (Å²) in [6.07, 6.45) is 0. The fourth-order valence-corrected chi connectivity index (χ4v) is 2.45. The van der Waals surface area contributed by atoms with Crippen LogP contribution in [0.5, 0.6) is 0 Å². The molecule has 1 aliphatic rings. The van der Waals surface area contributed by atoms with Crippen LogP contribution in [-0.2, 0) is 4.79 Å². The highest BCUT2D eigenvalue weighted by atomic mass is 35.5. The summed E-state index contributed by atoms with van der Waals surface area (Å²) in [5.41, 5.74) is -0.0809. The van der Waals surface area contributed by atoms with Gasteiger partial charge in [0.05, 0.1) is 11.5 Å². The molecule has 4 nitrogen and oxygen atoms in total. The standard InChI is InChI=1S/C13H13ClFNO3/c1-7-5-16(6-10(7)13(18)19)12(17)9-3-2-8(14)4-11(9)15/h2-4,7,10H,5-6H2,1H3,(H,18,19). The predicted molar refractivity (Wildman–Crippen MR) is 67.6 cm³/mol. The zero-order valence-corrected chi connectivity index (χ0v) is 11.0. The minimum atomic E-state index is -0.931. The SMILES string of the molecule is CC1CN(C(=O)c2ccc(Cl)cc2F)CC1C(=O)O. The average molecular weight is 286 g/mol. The van der Waals surface area contributed by atoms with Crippen LogP contribution in [0.15, 0.2) is 18.2 Å². The molecule has 2 atom stereocenters. The van der Waals surface area contributed by atoms with E-state index in [1.54, 1.807) is 6.92 Å². The van der Waals surface area contributed by atoms with Crippen LogP contribution in [0.25, 0.3) is 0 Å². The number of carboxylic acid groups (broad SMARTS) is 1. The van der Waals surface area contributed by atoms with E-state index in [2.05, 4.69) is 0 Å². The van der Waals surface area contributed by atoms with Crippen molar-refractivity contribution in [2.75, 3.05) is 13.1 Å². The lowest BCUT2D eigenvalue weighted by Crippen LogP contribution is -2.30. The average Bonchev–Trinajstić information content (AvgIpc) is 2.70. The quantitative estimate of drug-likeness (QED) is 0.907. The number of carbonyl (C=O) groups excluding carboxylic acids is 1. The number of carbonyl (C=O) groups is 2. The van der Waals surface area contributed by atoms with Crippen molar-refractivity contribution in [3.8, 4) is 0 Å². The lowest BCUT2D eigenvalue weighted by atomic mass is 9.99. The Morgan fingerprint density at radius 3 is 2.63 bits per heavy atom. The molecule has 1 N–H and O–H groups in total. The monoisotopic (exact) mass is 285 g/mol. The molecule has 0 aromatic heterocycles. The largest absolute Gasteiger partial charge is 0.481 e. The molecule has 0 bridgehead atoms. The molecule has 1 amide bonds. The highest BCUT2D eigenvalue weighted by Crippen LogP contribution is 2.25. The van der Waals surface area contributed by atoms with E-state index in [0.29, 0.717) is 6.54 Å². The van der Waals surface area contributed by atoms with Gasteiger partial charge in [-0.25, -0.2) is 4.39 Å². The molecule has 1 aromatic carbocycles. The third-order valence-corrected chi connectivity index (χ3v) is 3.61. The molecule has 19 heavy (non-hydrogen) atoms. The normalized spacial score (nSPS) is 22.6. The Kier molecular flexibility index (Phi) is 3.75. The molecule has 1 aromatic rings. The van der Waals surface area contributed by atoms with E-state index in [0.717, 1.165) is 6.07 Å². The second-order valence-electron chi connectivity index (χ2n) is 4.76. The smallest absolute Gasteiger partial charge is 0.308 e. The van der Waals surface area contributed by atoms with E-state index < -0.39 is 23.6 Å². The lowest BCUT2D eigenvalue weighted by molar-refractivity contribution is -0.142. The van der Waals surface area contributed by atoms with Crippen LogP contribution in [0.1, 0.15) is 17.3 Å². The molecule has 1 aliphatic heterocycles. The van der Waals surface area contributed by atoms with Crippen molar-refractivity contribution in [3.05, 3.63) is 34.6 Å². The molecule has 6 heteroatoms. The number of amides is 1. The summed E-state index contributed by atoms with van der Waals surface area (Å²) in [5, 5.41) is 9.23. The summed E-state index contributed by atoms with van der Waals surface area (Å²) in [5.74, 6) is -2.86. The van der Waals surface area contributed by atoms with Gasteiger partial charge in [0.25, 0.3) is 5.91 Å². The van der Waals surface area contributed by atoms with Gasteiger partial charge >= 0.3 is 5.97 Å². The van der Waals surface area contributed by atoms with Crippen LogP contribution in [-0.4, -0.2) is 35.0 Å². The Morgan fingerprint density at radius 2 is 2.11 bits per heavy atom. The fourth-order valence-electron chi connectivity index (χ4n) is 2.29. The van der Waals surface area contributed by atoms with E-state index in [-0.39, 0.29) is 23.0 Å². The molecule has 102 valence electrons.